The molecule has 0 aliphatic carbocycles. The van der Waals surface area contributed by atoms with Crippen molar-refractivity contribution in [3.05, 3.63) is 84.6 Å². The topological polar surface area (TPSA) is 113 Å². The zero-order valence-corrected chi connectivity index (χ0v) is 24.7. The van der Waals surface area contributed by atoms with Crippen LogP contribution in [0.5, 0.6) is 5.75 Å². The van der Waals surface area contributed by atoms with Gasteiger partial charge in [-0.1, -0.05) is 19.6 Å². The minimum Gasteiger partial charge on any atom is -0.494 e. The molecule has 10 nitrogen and oxygen atoms in total. The van der Waals surface area contributed by atoms with Gasteiger partial charge in [-0.05, 0) is 50.1 Å². The lowest BCUT2D eigenvalue weighted by molar-refractivity contribution is -0.00136. The maximum atomic E-state index is 15.7. The summed E-state index contributed by atoms with van der Waals surface area (Å²) in [6.45, 7) is 10.6. The Balaban J connectivity index is 1.71. The number of methoxy groups -OCH3 is 1. The summed E-state index contributed by atoms with van der Waals surface area (Å²) in [4.78, 5) is 25.1. The van der Waals surface area contributed by atoms with Crippen LogP contribution in [0.3, 0.4) is 0 Å². The van der Waals surface area contributed by atoms with Gasteiger partial charge in [0.25, 0.3) is 0 Å². The fourth-order valence-electron chi connectivity index (χ4n) is 4.39. The molecule has 1 aromatic carbocycles. The summed E-state index contributed by atoms with van der Waals surface area (Å²) in [7, 11) is 3.30. The predicted molar refractivity (Wildman–Crippen MR) is 162 cm³/mol. The highest BCUT2D eigenvalue weighted by molar-refractivity contribution is 5.78. The number of aromatic nitrogens is 5. The molecule has 0 radical (unpaired) electrons. The maximum Gasteiger partial charge on any atom is 0.188 e. The Morgan fingerprint density at radius 1 is 1.21 bits per heavy atom. The van der Waals surface area contributed by atoms with Crippen molar-refractivity contribution in [2.24, 2.45) is 0 Å². The minimum atomic E-state index is -0.656. The van der Waals surface area contributed by atoms with Gasteiger partial charge in [0.05, 0.1) is 50.0 Å². The zero-order valence-electron chi connectivity index (χ0n) is 24.7. The van der Waals surface area contributed by atoms with E-state index in [1.807, 2.05) is 38.9 Å². The van der Waals surface area contributed by atoms with Crippen molar-refractivity contribution in [2.75, 3.05) is 32.2 Å². The third-order valence-electron chi connectivity index (χ3n) is 6.53. The van der Waals surface area contributed by atoms with Gasteiger partial charge in [-0.15, -0.1) is 0 Å². The lowest BCUT2D eigenvalue weighted by Gasteiger charge is -2.25. The first kappa shape index (κ1) is 30.6. The molecule has 0 spiro atoms. The van der Waals surface area contributed by atoms with E-state index >= 15 is 4.39 Å². The number of nitrogens with one attached hydrogen (secondary N) is 1. The van der Waals surface area contributed by atoms with E-state index in [4.69, 9.17) is 19.4 Å². The van der Waals surface area contributed by atoms with E-state index < -0.39 is 11.9 Å². The molecular weight excluding hydrogens is 537 g/mol. The average molecular weight is 576 g/mol. The van der Waals surface area contributed by atoms with Gasteiger partial charge < -0.3 is 29.4 Å². The third kappa shape index (κ3) is 7.48. The second-order valence-electron chi connectivity index (χ2n) is 10.1. The van der Waals surface area contributed by atoms with Gasteiger partial charge in [0.15, 0.2) is 17.2 Å². The molecule has 3 heterocycles. The molecule has 0 fully saturated rings. The number of nitrogens with zero attached hydrogens (tertiary/aromatic N) is 6. The molecular formula is C31H38FN7O3. The van der Waals surface area contributed by atoms with Crippen molar-refractivity contribution in [3.8, 4) is 5.75 Å². The van der Waals surface area contributed by atoms with Crippen LogP contribution in [-0.4, -0.2) is 74.4 Å². The molecule has 11 heteroatoms. The van der Waals surface area contributed by atoms with Gasteiger partial charge in [0.2, 0.25) is 0 Å². The van der Waals surface area contributed by atoms with E-state index in [-0.39, 0.29) is 25.0 Å². The number of ether oxygens (including phenoxy) is 2. The molecule has 0 amide bonds. The number of benzene rings is 1. The summed E-state index contributed by atoms with van der Waals surface area (Å²) in [5.74, 6) is 0.762. The quantitative estimate of drug-likeness (QED) is 0.200. The molecule has 0 aliphatic heterocycles. The first-order chi connectivity index (χ1) is 20.2. The second-order valence-corrected chi connectivity index (χ2v) is 10.1. The van der Waals surface area contributed by atoms with E-state index in [0.29, 0.717) is 52.7 Å². The third-order valence-corrected chi connectivity index (χ3v) is 6.53. The van der Waals surface area contributed by atoms with Gasteiger partial charge in [0.1, 0.15) is 17.2 Å². The van der Waals surface area contributed by atoms with Crippen molar-refractivity contribution in [1.29, 1.82) is 0 Å². The predicted octanol–water partition coefficient (Wildman–Crippen LogP) is 5.04. The highest BCUT2D eigenvalue weighted by atomic mass is 19.1. The zero-order chi connectivity index (χ0) is 30.2. The number of halogens is 1. The van der Waals surface area contributed by atoms with E-state index in [1.165, 1.54) is 7.11 Å². The molecule has 0 aliphatic rings. The van der Waals surface area contributed by atoms with E-state index in [1.54, 1.807) is 53.8 Å². The van der Waals surface area contributed by atoms with Gasteiger partial charge in [-0.3, -0.25) is 4.98 Å². The number of hydrogen-bond donors (Lipinski definition) is 2. The van der Waals surface area contributed by atoms with Gasteiger partial charge >= 0.3 is 0 Å². The summed E-state index contributed by atoms with van der Waals surface area (Å²) in [5, 5.41) is 10.3. The Kier molecular flexibility index (Phi) is 10.2. The molecule has 0 bridgehead atoms. The number of aliphatic hydroxyl groups is 1. The number of rotatable bonds is 14. The highest BCUT2D eigenvalue weighted by Gasteiger charge is 2.22. The van der Waals surface area contributed by atoms with Crippen molar-refractivity contribution in [1.82, 2.24) is 29.8 Å². The Hall–Kier alpha value is -4.35. The Bertz CT molecular complexity index is 1520. The molecule has 4 rings (SSSR count). The number of aliphatic hydroxyl groups excluding tert-OH is 1. The first-order valence-electron chi connectivity index (χ1n) is 13.8. The standard InChI is InChI=1S/C31H38FN7O3/c1-7-21-13-26(30(32)27(14-21)41-6)39(18-28-33-11-12-34-28)29-10-9-24-31(37-29)36-25(15-35-24)22(8-2)16-38(5)17-23(40)19-42-20(3)4/h8-16,20,23,40H,2,7,17-19H2,1,3-6H3,(H,33,34)/b22-16+. The summed E-state index contributed by atoms with van der Waals surface area (Å²) in [5.41, 5.74) is 3.46. The summed E-state index contributed by atoms with van der Waals surface area (Å²) in [6, 6.07) is 7.08. The normalized spacial score (nSPS) is 12.5. The lowest BCUT2D eigenvalue weighted by Crippen LogP contribution is -2.30. The fraction of sp³-hybridized carbons (Fsp3) is 0.355. The molecule has 1 unspecified atom stereocenters. The summed E-state index contributed by atoms with van der Waals surface area (Å²) < 4.78 is 26.5. The van der Waals surface area contributed by atoms with Crippen LogP contribution in [0.25, 0.3) is 16.7 Å². The SMILES string of the molecule is C=C/C(=C\N(C)CC(O)COC(C)C)c1cnc2ccc(N(Cc3ncc[nH]3)c3cc(CC)cc(OC)c3F)nc2n1. The highest BCUT2D eigenvalue weighted by Crippen LogP contribution is 2.35. The number of pyridine rings is 1. The molecule has 2 N–H and O–H groups in total. The fourth-order valence-corrected chi connectivity index (χ4v) is 4.39. The van der Waals surface area contributed by atoms with Crippen LogP contribution in [-0.2, 0) is 17.7 Å². The molecule has 222 valence electrons. The van der Waals surface area contributed by atoms with Crippen LogP contribution in [0.15, 0.2) is 61.7 Å². The van der Waals surface area contributed by atoms with Gasteiger partial charge in [0, 0.05) is 37.8 Å². The van der Waals surface area contributed by atoms with Crippen LogP contribution in [0.2, 0.25) is 0 Å². The Labute approximate surface area is 245 Å². The number of imidazole rings is 1. The molecule has 0 saturated heterocycles. The largest absolute Gasteiger partial charge is 0.494 e. The number of anilines is 2. The smallest absolute Gasteiger partial charge is 0.188 e. The Morgan fingerprint density at radius 3 is 2.69 bits per heavy atom. The summed E-state index contributed by atoms with van der Waals surface area (Å²) in [6.07, 6.45) is 8.62. The van der Waals surface area contributed by atoms with Crippen molar-refractivity contribution >= 4 is 28.2 Å². The maximum absolute atomic E-state index is 15.7. The summed E-state index contributed by atoms with van der Waals surface area (Å²) >= 11 is 0. The van der Waals surface area contributed by atoms with Crippen molar-refractivity contribution in [2.45, 2.75) is 45.9 Å². The van der Waals surface area contributed by atoms with E-state index in [9.17, 15) is 5.11 Å². The molecule has 4 aromatic rings. The van der Waals surface area contributed by atoms with Gasteiger partial charge in [-0.25, -0.2) is 19.3 Å². The van der Waals surface area contributed by atoms with E-state index in [0.717, 1.165) is 5.56 Å². The number of fused-ring (bicyclic) bond motifs is 1. The number of aromatic amines is 1. The average Bonchev–Trinajstić information content (AvgIpc) is 3.50. The number of H-pyrrole nitrogens is 1. The monoisotopic (exact) mass is 575 g/mol. The van der Waals surface area contributed by atoms with Crippen LogP contribution in [0.4, 0.5) is 15.9 Å². The first-order valence-corrected chi connectivity index (χ1v) is 13.8. The molecule has 1 atom stereocenters. The van der Waals surface area contributed by atoms with Crippen LogP contribution in [0.1, 0.15) is 37.9 Å². The second kappa shape index (κ2) is 14.0. The van der Waals surface area contributed by atoms with Crippen LogP contribution < -0.4 is 9.64 Å². The number of aryl methyl sites for hydroxylation is 1. The van der Waals surface area contributed by atoms with Gasteiger partial charge in [-0.2, -0.15) is 0 Å². The van der Waals surface area contributed by atoms with Crippen molar-refractivity contribution in [3.63, 3.8) is 0 Å². The van der Waals surface area contributed by atoms with Crippen LogP contribution in [0, 0.1) is 5.82 Å². The van der Waals surface area contributed by atoms with Crippen molar-refractivity contribution < 1.29 is 19.0 Å². The molecule has 42 heavy (non-hydrogen) atoms. The minimum absolute atomic E-state index is 0.0404. The van der Waals surface area contributed by atoms with Crippen LogP contribution >= 0.6 is 0 Å². The number of likely N-dealkylation sites (N-methyl/N-ethyl adjacent to an activating group) is 1. The number of hydrogen-bond acceptors (Lipinski definition) is 9. The molecule has 3 aromatic heterocycles. The lowest BCUT2D eigenvalue weighted by atomic mass is 10.1. The molecule has 0 saturated carbocycles. The van der Waals surface area contributed by atoms with E-state index in [2.05, 4.69) is 21.5 Å². The Morgan fingerprint density at radius 2 is 2.02 bits per heavy atom. The number of allylic oxidation sites excluding steroid dienone is 2.